The average molecular weight is 387 g/mol. The van der Waals surface area contributed by atoms with Crippen molar-refractivity contribution in [3.63, 3.8) is 0 Å². The Morgan fingerprint density at radius 3 is 2.36 bits per heavy atom. The lowest BCUT2D eigenvalue weighted by Gasteiger charge is -2.07. The maximum atomic E-state index is 4.79. The third kappa shape index (κ3) is 6.68. The average Bonchev–Trinajstić information content (AvgIpc) is 2.73. The second-order valence-electron chi connectivity index (χ2n) is 5.97. The number of allylic oxidation sites excluding steroid dienone is 4. The van der Waals surface area contributed by atoms with E-state index in [1.54, 1.807) is 0 Å². The van der Waals surface area contributed by atoms with Crippen LogP contribution < -0.4 is 5.30 Å². The van der Waals surface area contributed by atoms with E-state index in [-0.39, 0.29) is 0 Å². The highest BCUT2D eigenvalue weighted by molar-refractivity contribution is 7.27. The summed E-state index contributed by atoms with van der Waals surface area (Å²) in [4.78, 5) is 13.7. The van der Waals surface area contributed by atoms with Crippen LogP contribution in [0.3, 0.4) is 0 Å². The highest BCUT2D eigenvalue weighted by atomic mass is 31.0. The second kappa shape index (κ2) is 11.7. The SMILES string of the molecule is C=NC(=NC(=NCC(/C=C\C=C/C)=C/C)c1cccc(P)c1)c1ccccc1. The molecule has 0 saturated carbocycles. The first-order chi connectivity index (χ1) is 13.7. The molecule has 2 aromatic carbocycles. The minimum atomic E-state index is 0.531. The molecule has 0 saturated heterocycles. The monoisotopic (exact) mass is 387 g/mol. The molecule has 4 heteroatoms. The van der Waals surface area contributed by atoms with Crippen molar-refractivity contribution in [1.82, 2.24) is 0 Å². The van der Waals surface area contributed by atoms with Gasteiger partial charge in [0.1, 0.15) is 0 Å². The van der Waals surface area contributed by atoms with Gasteiger partial charge in [0.05, 0.1) is 6.54 Å². The minimum absolute atomic E-state index is 0.531. The van der Waals surface area contributed by atoms with Crippen LogP contribution >= 0.6 is 9.24 Å². The first kappa shape index (κ1) is 21.4. The van der Waals surface area contributed by atoms with Gasteiger partial charge in [0.2, 0.25) is 0 Å². The van der Waals surface area contributed by atoms with Gasteiger partial charge < -0.3 is 0 Å². The topological polar surface area (TPSA) is 37.1 Å². The van der Waals surface area contributed by atoms with E-state index in [1.807, 2.05) is 86.7 Å². The van der Waals surface area contributed by atoms with E-state index in [2.05, 4.69) is 33.1 Å². The van der Waals surface area contributed by atoms with Crippen LogP contribution in [0.15, 0.2) is 106 Å². The molecule has 0 heterocycles. The molecule has 0 radical (unpaired) electrons. The third-order valence-corrected chi connectivity index (χ3v) is 4.29. The first-order valence-electron chi connectivity index (χ1n) is 9.13. The van der Waals surface area contributed by atoms with Crippen LogP contribution in [0.4, 0.5) is 0 Å². The largest absolute Gasteiger partial charge is 0.261 e. The lowest BCUT2D eigenvalue weighted by atomic mass is 10.1. The smallest absolute Gasteiger partial charge is 0.161 e. The van der Waals surface area contributed by atoms with Gasteiger partial charge in [-0.25, -0.2) is 9.98 Å². The van der Waals surface area contributed by atoms with Gasteiger partial charge in [0.25, 0.3) is 0 Å². The fraction of sp³-hybridized carbons (Fsp3) is 0.125. The molecule has 0 aliphatic rings. The van der Waals surface area contributed by atoms with Gasteiger partial charge in [0, 0.05) is 11.1 Å². The molecule has 1 atom stereocenters. The Kier molecular flexibility index (Phi) is 8.97. The quantitative estimate of drug-likeness (QED) is 0.284. The maximum Gasteiger partial charge on any atom is 0.161 e. The van der Waals surface area contributed by atoms with Crippen molar-refractivity contribution in [2.75, 3.05) is 6.54 Å². The van der Waals surface area contributed by atoms with E-state index in [1.165, 1.54) is 0 Å². The Hall–Kier alpha value is -2.90. The summed E-state index contributed by atoms with van der Waals surface area (Å²) in [6.07, 6.45) is 10.1. The number of nitrogens with zero attached hydrogens (tertiary/aromatic N) is 3. The van der Waals surface area contributed by atoms with Crippen molar-refractivity contribution in [2.24, 2.45) is 15.0 Å². The van der Waals surface area contributed by atoms with Crippen molar-refractivity contribution < 1.29 is 0 Å². The zero-order valence-corrected chi connectivity index (χ0v) is 17.6. The van der Waals surface area contributed by atoms with Gasteiger partial charge in [-0.3, -0.25) is 4.99 Å². The van der Waals surface area contributed by atoms with Crippen LogP contribution in [0.2, 0.25) is 0 Å². The third-order valence-electron chi connectivity index (χ3n) is 3.93. The second-order valence-corrected chi connectivity index (χ2v) is 6.64. The van der Waals surface area contributed by atoms with Gasteiger partial charge in [-0.05, 0) is 37.5 Å². The first-order valence-corrected chi connectivity index (χ1v) is 9.71. The Morgan fingerprint density at radius 1 is 0.964 bits per heavy atom. The van der Waals surface area contributed by atoms with E-state index >= 15 is 0 Å². The number of aliphatic imine (C=N–C) groups is 3. The summed E-state index contributed by atoms with van der Waals surface area (Å²) in [5.41, 5.74) is 2.96. The van der Waals surface area contributed by atoms with Gasteiger partial charge in [-0.2, -0.15) is 0 Å². The van der Waals surface area contributed by atoms with Crippen molar-refractivity contribution in [1.29, 1.82) is 0 Å². The Bertz CT molecular complexity index is 935. The predicted octanol–water partition coefficient (Wildman–Crippen LogP) is 5.16. The number of hydrogen-bond donors (Lipinski definition) is 0. The summed E-state index contributed by atoms with van der Waals surface area (Å²) in [5, 5.41) is 1.08. The Labute approximate surface area is 170 Å². The molecular formula is C24H26N3P. The number of benzene rings is 2. The molecule has 0 N–H and O–H groups in total. The molecule has 2 aromatic rings. The number of rotatable bonds is 6. The molecule has 0 fully saturated rings. The molecule has 28 heavy (non-hydrogen) atoms. The van der Waals surface area contributed by atoms with Crippen LogP contribution in [0.5, 0.6) is 0 Å². The summed E-state index contributed by atoms with van der Waals surface area (Å²) >= 11 is 0. The number of hydrogen-bond acceptors (Lipinski definition) is 1. The fourth-order valence-corrected chi connectivity index (χ4v) is 2.74. The van der Waals surface area contributed by atoms with Crippen molar-refractivity contribution in [2.45, 2.75) is 13.8 Å². The van der Waals surface area contributed by atoms with Crippen LogP contribution in [0, 0.1) is 0 Å². The van der Waals surface area contributed by atoms with Gasteiger partial charge in [0.15, 0.2) is 11.7 Å². The summed E-state index contributed by atoms with van der Waals surface area (Å²) < 4.78 is 0. The lowest BCUT2D eigenvalue weighted by molar-refractivity contribution is 1.16. The highest BCUT2D eigenvalue weighted by Gasteiger charge is 2.07. The van der Waals surface area contributed by atoms with E-state index in [4.69, 9.17) is 9.98 Å². The van der Waals surface area contributed by atoms with Gasteiger partial charge in [-0.15, -0.1) is 9.24 Å². The van der Waals surface area contributed by atoms with Gasteiger partial charge in [-0.1, -0.05) is 78.9 Å². The minimum Gasteiger partial charge on any atom is -0.261 e. The fourth-order valence-electron chi connectivity index (χ4n) is 2.44. The number of amidine groups is 2. The molecule has 0 aliphatic carbocycles. The lowest BCUT2D eigenvalue weighted by Crippen LogP contribution is -2.07. The zero-order chi connectivity index (χ0) is 20.2. The maximum absolute atomic E-state index is 4.79. The van der Waals surface area contributed by atoms with E-state index in [0.29, 0.717) is 18.2 Å². The van der Waals surface area contributed by atoms with Crippen LogP contribution in [-0.2, 0) is 0 Å². The van der Waals surface area contributed by atoms with E-state index < -0.39 is 0 Å². The summed E-state index contributed by atoms with van der Waals surface area (Å²) in [6.45, 7) is 8.23. The zero-order valence-electron chi connectivity index (χ0n) is 16.4. The molecule has 0 bridgehead atoms. The molecule has 0 aliphatic heterocycles. The molecular weight excluding hydrogens is 361 g/mol. The van der Waals surface area contributed by atoms with Crippen molar-refractivity contribution >= 4 is 32.9 Å². The predicted molar refractivity (Wildman–Crippen MR) is 127 cm³/mol. The molecule has 0 amide bonds. The highest BCUT2D eigenvalue weighted by Crippen LogP contribution is 2.10. The normalized spacial score (nSPS) is 13.5. The molecule has 0 aromatic heterocycles. The van der Waals surface area contributed by atoms with Crippen LogP contribution in [-0.4, -0.2) is 24.9 Å². The van der Waals surface area contributed by atoms with E-state index in [0.717, 1.165) is 22.0 Å². The summed E-state index contributed by atoms with van der Waals surface area (Å²) in [7, 11) is 2.71. The molecule has 3 nitrogen and oxygen atoms in total. The van der Waals surface area contributed by atoms with Crippen LogP contribution in [0.25, 0.3) is 0 Å². The molecule has 0 spiro atoms. The van der Waals surface area contributed by atoms with Crippen molar-refractivity contribution in [3.8, 4) is 0 Å². The Morgan fingerprint density at radius 2 is 1.71 bits per heavy atom. The summed E-state index contributed by atoms with van der Waals surface area (Å²) in [6, 6.07) is 17.9. The molecule has 142 valence electrons. The standard InChI is InChI=1S/C24H26N3P/c1-4-6-8-12-19(5-2)18-26-24(21-15-11-16-22(28)17-21)27-23(25-3)20-13-9-7-10-14-20/h4-17H,3,18,28H2,1-2H3/b6-4-,12-8-,19-5+,26-24?,27-23?. The molecule has 2 rings (SSSR count). The van der Waals surface area contributed by atoms with Crippen molar-refractivity contribution in [3.05, 3.63) is 102 Å². The summed E-state index contributed by atoms with van der Waals surface area (Å²) in [5.74, 6) is 1.19. The van der Waals surface area contributed by atoms with Gasteiger partial charge >= 0.3 is 0 Å². The molecule has 1 unspecified atom stereocenters. The van der Waals surface area contributed by atoms with Crippen LogP contribution in [0.1, 0.15) is 25.0 Å². The Balaban J connectivity index is 2.45. The van der Waals surface area contributed by atoms with E-state index in [9.17, 15) is 0 Å².